The van der Waals surface area contributed by atoms with Gasteiger partial charge in [0.15, 0.2) is 17.5 Å². The number of ether oxygens (including phenoxy) is 2. The molecule has 7 nitrogen and oxygen atoms in total. The molecule has 0 radical (unpaired) electrons. The second-order valence-electron chi connectivity index (χ2n) is 7.86. The third kappa shape index (κ3) is 9.70. The van der Waals surface area contributed by atoms with Crippen LogP contribution in [0.3, 0.4) is 0 Å². The Labute approximate surface area is 212 Å². The lowest BCUT2D eigenvalue weighted by atomic mass is 10.1. The van der Waals surface area contributed by atoms with Crippen molar-refractivity contribution in [2.45, 2.75) is 47.1 Å². The number of nitrogens with one attached hydrogen (secondary N) is 2. The normalized spacial score (nSPS) is 16.2. The summed E-state index contributed by atoms with van der Waals surface area (Å²) >= 11 is 0. The molecule has 2 N–H and O–H groups in total. The van der Waals surface area contributed by atoms with E-state index in [4.69, 9.17) is 14.5 Å². The lowest BCUT2D eigenvalue weighted by molar-refractivity contribution is 0.109. The Morgan fingerprint density at radius 2 is 1.69 bits per heavy atom. The zero-order valence-corrected chi connectivity index (χ0v) is 23.0. The number of aliphatic imine (C=N–C) groups is 1. The first kappa shape index (κ1) is 28.8. The first-order valence-corrected chi connectivity index (χ1v) is 12.0. The minimum Gasteiger partial charge on any atom is -0.490 e. The summed E-state index contributed by atoms with van der Waals surface area (Å²) in [7, 11) is 0. The van der Waals surface area contributed by atoms with Crippen LogP contribution in [-0.4, -0.2) is 87.4 Å². The number of hydrogen-bond donors (Lipinski definition) is 2. The van der Waals surface area contributed by atoms with Crippen molar-refractivity contribution in [1.29, 1.82) is 0 Å². The third-order valence-corrected chi connectivity index (χ3v) is 5.65. The fourth-order valence-corrected chi connectivity index (χ4v) is 3.78. The van der Waals surface area contributed by atoms with E-state index in [-0.39, 0.29) is 24.0 Å². The number of halogens is 1. The Morgan fingerprint density at radius 3 is 2.31 bits per heavy atom. The van der Waals surface area contributed by atoms with Crippen LogP contribution in [0, 0.1) is 0 Å². The highest BCUT2D eigenvalue weighted by molar-refractivity contribution is 14.0. The van der Waals surface area contributed by atoms with E-state index in [1.54, 1.807) is 0 Å². The van der Waals surface area contributed by atoms with Crippen LogP contribution < -0.4 is 20.1 Å². The fourth-order valence-electron chi connectivity index (χ4n) is 3.78. The molecule has 2 rings (SSSR count). The van der Waals surface area contributed by atoms with Crippen LogP contribution in [0.5, 0.6) is 11.5 Å². The molecule has 0 amide bonds. The number of hydrogen-bond acceptors (Lipinski definition) is 5. The van der Waals surface area contributed by atoms with Crippen LogP contribution in [0.2, 0.25) is 0 Å². The SMILES string of the molecule is CCNC(=NCC(C)N1CCN(CC)CC1)NCCc1ccc(OCC)c(OCC)c1.I. The Hall–Kier alpha value is -1.26. The van der Waals surface area contributed by atoms with Crippen LogP contribution in [0.15, 0.2) is 23.2 Å². The van der Waals surface area contributed by atoms with Gasteiger partial charge in [-0.2, -0.15) is 0 Å². The van der Waals surface area contributed by atoms with E-state index in [0.29, 0.717) is 19.3 Å². The first-order valence-electron chi connectivity index (χ1n) is 12.0. The lowest BCUT2D eigenvalue weighted by Crippen LogP contribution is -2.50. The molecule has 1 fully saturated rings. The maximum Gasteiger partial charge on any atom is 0.191 e. The molecule has 1 aromatic carbocycles. The first-order chi connectivity index (χ1) is 15.1. The van der Waals surface area contributed by atoms with Crippen molar-refractivity contribution in [3.63, 3.8) is 0 Å². The number of rotatable bonds is 12. The predicted molar refractivity (Wildman–Crippen MR) is 145 cm³/mol. The molecule has 1 heterocycles. The molecule has 1 aromatic rings. The molecule has 1 aliphatic heterocycles. The zero-order chi connectivity index (χ0) is 22.5. The Bertz CT molecular complexity index is 666. The van der Waals surface area contributed by atoms with Gasteiger partial charge in [-0.3, -0.25) is 9.89 Å². The average Bonchev–Trinajstić information content (AvgIpc) is 2.79. The van der Waals surface area contributed by atoms with E-state index >= 15 is 0 Å². The van der Waals surface area contributed by atoms with E-state index in [1.807, 2.05) is 19.9 Å². The molecule has 184 valence electrons. The van der Waals surface area contributed by atoms with Gasteiger partial charge in [0.05, 0.1) is 19.8 Å². The highest BCUT2D eigenvalue weighted by atomic mass is 127. The van der Waals surface area contributed by atoms with Crippen molar-refractivity contribution in [3.05, 3.63) is 23.8 Å². The Morgan fingerprint density at radius 1 is 1.00 bits per heavy atom. The smallest absolute Gasteiger partial charge is 0.191 e. The zero-order valence-electron chi connectivity index (χ0n) is 20.7. The predicted octanol–water partition coefficient (Wildman–Crippen LogP) is 3.23. The molecule has 0 saturated carbocycles. The van der Waals surface area contributed by atoms with Crippen molar-refractivity contribution in [2.24, 2.45) is 4.99 Å². The molecule has 1 saturated heterocycles. The van der Waals surface area contributed by atoms with E-state index in [9.17, 15) is 0 Å². The summed E-state index contributed by atoms with van der Waals surface area (Å²) in [4.78, 5) is 9.90. The molecule has 0 bridgehead atoms. The lowest BCUT2D eigenvalue weighted by Gasteiger charge is -2.37. The van der Waals surface area contributed by atoms with Crippen LogP contribution >= 0.6 is 24.0 Å². The molecule has 8 heteroatoms. The van der Waals surface area contributed by atoms with Crippen LogP contribution in [-0.2, 0) is 6.42 Å². The minimum atomic E-state index is 0. The summed E-state index contributed by atoms with van der Waals surface area (Å²) in [5.74, 6) is 2.52. The van der Waals surface area contributed by atoms with E-state index in [1.165, 1.54) is 5.56 Å². The number of piperazine rings is 1. The highest BCUT2D eigenvalue weighted by Crippen LogP contribution is 2.28. The summed E-state index contributed by atoms with van der Waals surface area (Å²) in [5, 5.41) is 6.84. The Balaban J connectivity index is 0.00000512. The van der Waals surface area contributed by atoms with Gasteiger partial charge < -0.3 is 25.0 Å². The molecule has 1 unspecified atom stereocenters. The van der Waals surface area contributed by atoms with Crippen LogP contribution in [0.1, 0.15) is 40.2 Å². The Kier molecular flexibility index (Phi) is 14.7. The van der Waals surface area contributed by atoms with Crippen molar-refractivity contribution in [3.8, 4) is 11.5 Å². The van der Waals surface area contributed by atoms with Crippen molar-refractivity contribution in [2.75, 3.05) is 65.6 Å². The van der Waals surface area contributed by atoms with Crippen LogP contribution in [0.4, 0.5) is 0 Å². The van der Waals surface area contributed by atoms with Crippen molar-refractivity contribution >= 4 is 29.9 Å². The summed E-state index contributed by atoms with van der Waals surface area (Å²) in [5.41, 5.74) is 1.22. The summed E-state index contributed by atoms with van der Waals surface area (Å²) < 4.78 is 11.4. The van der Waals surface area contributed by atoms with Gasteiger partial charge in [-0.05, 0) is 58.4 Å². The quantitative estimate of drug-likeness (QED) is 0.232. The standard InChI is InChI=1S/C24H43N5O2.HI/c1-6-25-24(27-19-20(5)29-16-14-28(7-2)15-17-29)26-13-12-21-10-11-22(30-8-3)23(18-21)31-9-4;/h10-11,18,20H,6-9,12-17,19H2,1-5H3,(H2,25,26,27);1H. The molecule has 0 aromatic heterocycles. The number of benzene rings is 1. The average molecular weight is 562 g/mol. The number of nitrogens with zero attached hydrogens (tertiary/aromatic N) is 3. The number of guanidine groups is 1. The van der Waals surface area contributed by atoms with Crippen LogP contribution in [0.25, 0.3) is 0 Å². The van der Waals surface area contributed by atoms with E-state index in [2.05, 4.69) is 53.3 Å². The maximum absolute atomic E-state index is 5.74. The van der Waals surface area contributed by atoms with Crippen molar-refractivity contribution < 1.29 is 9.47 Å². The van der Waals surface area contributed by atoms with Gasteiger partial charge in [0.25, 0.3) is 0 Å². The minimum absolute atomic E-state index is 0. The molecular weight excluding hydrogens is 517 g/mol. The van der Waals surface area contributed by atoms with Gasteiger partial charge >= 0.3 is 0 Å². The molecule has 1 atom stereocenters. The summed E-state index contributed by atoms with van der Waals surface area (Å²) in [6, 6.07) is 6.65. The molecular formula is C24H44IN5O2. The second-order valence-corrected chi connectivity index (χ2v) is 7.86. The molecule has 1 aliphatic rings. The van der Waals surface area contributed by atoms with Gasteiger partial charge in [0.1, 0.15) is 0 Å². The fraction of sp³-hybridized carbons (Fsp3) is 0.708. The maximum atomic E-state index is 5.74. The topological polar surface area (TPSA) is 61.4 Å². The monoisotopic (exact) mass is 561 g/mol. The molecule has 32 heavy (non-hydrogen) atoms. The summed E-state index contributed by atoms with van der Waals surface area (Å²) in [6.07, 6.45) is 0.894. The van der Waals surface area contributed by atoms with Gasteiger partial charge in [-0.1, -0.05) is 13.0 Å². The van der Waals surface area contributed by atoms with Gasteiger partial charge in [0, 0.05) is 45.3 Å². The second kappa shape index (κ2) is 16.4. The number of likely N-dealkylation sites (N-methyl/N-ethyl adjacent to an activating group) is 1. The van der Waals surface area contributed by atoms with Gasteiger partial charge in [0.2, 0.25) is 0 Å². The highest BCUT2D eigenvalue weighted by Gasteiger charge is 2.19. The van der Waals surface area contributed by atoms with Gasteiger partial charge in [-0.25, -0.2) is 0 Å². The summed E-state index contributed by atoms with van der Waals surface area (Å²) in [6.45, 7) is 20.1. The van der Waals surface area contributed by atoms with Crippen molar-refractivity contribution in [1.82, 2.24) is 20.4 Å². The molecule has 0 spiro atoms. The molecule has 0 aliphatic carbocycles. The largest absolute Gasteiger partial charge is 0.490 e. The van der Waals surface area contributed by atoms with Gasteiger partial charge in [-0.15, -0.1) is 24.0 Å². The third-order valence-electron chi connectivity index (χ3n) is 5.65. The van der Waals surface area contributed by atoms with E-state index < -0.39 is 0 Å². The van der Waals surface area contributed by atoms with E-state index in [0.717, 1.165) is 76.2 Å².